The highest BCUT2D eigenvalue weighted by molar-refractivity contribution is 5.92. The van der Waals surface area contributed by atoms with E-state index >= 15 is 0 Å². The topological polar surface area (TPSA) is 146 Å². The summed E-state index contributed by atoms with van der Waals surface area (Å²) in [6.45, 7) is 12.1. The van der Waals surface area contributed by atoms with Gasteiger partial charge in [-0.1, -0.05) is 107 Å². The largest absolute Gasteiger partial charge is 0.480 e. The first-order valence-electron chi connectivity index (χ1n) is 16.9. The lowest BCUT2D eigenvalue weighted by Gasteiger charge is -2.32. The van der Waals surface area contributed by atoms with Gasteiger partial charge >= 0.3 is 5.97 Å². The van der Waals surface area contributed by atoms with E-state index in [1.54, 1.807) is 13.8 Å². The molecule has 0 aromatic heterocycles. The summed E-state index contributed by atoms with van der Waals surface area (Å²) in [5, 5.41) is 24.7. The van der Waals surface area contributed by atoms with Crippen LogP contribution in [0.5, 0.6) is 0 Å². The lowest BCUT2D eigenvalue weighted by atomic mass is 9.95. The van der Waals surface area contributed by atoms with E-state index in [0.717, 1.165) is 17.5 Å². The maximum atomic E-state index is 13.7. The minimum absolute atomic E-state index is 0.00525. The Labute approximate surface area is 280 Å². The van der Waals surface area contributed by atoms with Crippen molar-refractivity contribution in [2.24, 2.45) is 17.6 Å². The van der Waals surface area contributed by atoms with E-state index in [9.17, 15) is 19.5 Å². The highest BCUT2D eigenvalue weighted by atomic mass is 16.4. The summed E-state index contributed by atoms with van der Waals surface area (Å²) in [4.78, 5) is 39.2. The van der Waals surface area contributed by atoms with Gasteiger partial charge in [-0.25, -0.2) is 0 Å². The van der Waals surface area contributed by atoms with E-state index in [1.807, 2.05) is 70.2 Å². The summed E-state index contributed by atoms with van der Waals surface area (Å²) in [5.74, 6) is -1.33. The van der Waals surface area contributed by atoms with Crippen molar-refractivity contribution in [3.05, 3.63) is 83.9 Å². The number of carboxylic acids is 1. The van der Waals surface area contributed by atoms with Gasteiger partial charge in [0, 0.05) is 25.2 Å². The van der Waals surface area contributed by atoms with Crippen LogP contribution in [-0.4, -0.2) is 65.7 Å². The van der Waals surface area contributed by atoms with Gasteiger partial charge in [0.2, 0.25) is 11.8 Å². The van der Waals surface area contributed by atoms with Crippen molar-refractivity contribution in [1.82, 2.24) is 21.3 Å². The van der Waals surface area contributed by atoms with Crippen molar-refractivity contribution < 1.29 is 19.5 Å². The van der Waals surface area contributed by atoms with Crippen molar-refractivity contribution in [3.8, 4) is 0 Å². The zero-order valence-corrected chi connectivity index (χ0v) is 28.9. The number of fused-ring (bicyclic) bond motifs is 1. The van der Waals surface area contributed by atoms with E-state index in [2.05, 4.69) is 51.6 Å². The van der Waals surface area contributed by atoms with E-state index < -0.39 is 29.6 Å². The molecule has 9 nitrogen and oxygen atoms in total. The van der Waals surface area contributed by atoms with Gasteiger partial charge in [-0.05, 0) is 66.8 Å². The number of aliphatic carboxylic acids is 1. The standard InChI is InChI=1S/C38H55N5O4/c1-7-26(4)34(41-23-31(39)21-28-17-18-29-15-11-12-16-30(29)20-28)35(44)43-38(5,6)37(47)42-32(22-27-13-9-8-10-14-27)24-40-33(36(45)46)19-25(2)3/h8-18,20,25-26,31-34,40-41H,7,19,21-24,39H2,1-6H3,(H,42,47)(H,43,44)(H,45,46). The van der Waals surface area contributed by atoms with Crippen LogP contribution in [0, 0.1) is 11.8 Å². The van der Waals surface area contributed by atoms with E-state index in [1.165, 1.54) is 10.8 Å². The normalized spacial score (nSPS) is 15.1. The number of hydrogen-bond donors (Lipinski definition) is 6. The van der Waals surface area contributed by atoms with Gasteiger partial charge < -0.3 is 32.1 Å². The van der Waals surface area contributed by atoms with Crippen molar-refractivity contribution in [3.63, 3.8) is 0 Å². The fourth-order valence-electron chi connectivity index (χ4n) is 5.72. The number of rotatable bonds is 19. The molecule has 256 valence electrons. The Morgan fingerprint density at radius 2 is 1.49 bits per heavy atom. The van der Waals surface area contributed by atoms with Crippen LogP contribution in [-0.2, 0) is 27.2 Å². The van der Waals surface area contributed by atoms with Gasteiger partial charge in [0.05, 0.1) is 6.04 Å². The van der Waals surface area contributed by atoms with Gasteiger partial charge in [-0.3, -0.25) is 14.4 Å². The summed E-state index contributed by atoms with van der Waals surface area (Å²) >= 11 is 0. The van der Waals surface area contributed by atoms with Crippen LogP contribution in [0.1, 0.15) is 65.5 Å². The molecule has 0 bridgehead atoms. The maximum Gasteiger partial charge on any atom is 0.320 e. The molecule has 0 spiro atoms. The molecule has 0 radical (unpaired) electrons. The smallest absolute Gasteiger partial charge is 0.320 e. The van der Waals surface area contributed by atoms with Crippen molar-refractivity contribution in [2.75, 3.05) is 13.1 Å². The Morgan fingerprint density at radius 3 is 2.13 bits per heavy atom. The second-order valence-electron chi connectivity index (χ2n) is 13.8. The van der Waals surface area contributed by atoms with Crippen LogP contribution in [0.2, 0.25) is 0 Å². The molecular weight excluding hydrogens is 590 g/mol. The predicted molar refractivity (Wildman–Crippen MR) is 190 cm³/mol. The highest BCUT2D eigenvalue weighted by Crippen LogP contribution is 2.17. The molecule has 0 fully saturated rings. The minimum Gasteiger partial charge on any atom is -0.480 e. The Bertz CT molecular complexity index is 1440. The molecule has 0 aliphatic rings. The van der Waals surface area contributed by atoms with Gasteiger partial charge in [0.1, 0.15) is 11.6 Å². The first kappa shape index (κ1) is 37.7. The molecule has 7 N–H and O–H groups in total. The number of amides is 2. The van der Waals surface area contributed by atoms with Gasteiger partial charge in [-0.2, -0.15) is 0 Å². The zero-order valence-electron chi connectivity index (χ0n) is 28.9. The maximum absolute atomic E-state index is 13.7. The number of carbonyl (C=O) groups excluding carboxylic acids is 2. The molecule has 0 saturated heterocycles. The van der Waals surface area contributed by atoms with Gasteiger partial charge in [0.15, 0.2) is 0 Å². The Balaban J connectivity index is 1.65. The second-order valence-corrected chi connectivity index (χ2v) is 13.8. The van der Waals surface area contributed by atoms with Crippen LogP contribution >= 0.6 is 0 Å². The van der Waals surface area contributed by atoms with Crippen molar-refractivity contribution in [2.45, 2.75) is 96.9 Å². The first-order valence-corrected chi connectivity index (χ1v) is 16.9. The third kappa shape index (κ3) is 12.1. The van der Waals surface area contributed by atoms with Crippen LogP contribution in [0.15, 0.2) is 72.8 Å². The van der Waals surface area contributed by atoms with Crippen molar-refractivity contribution in [1.29, 1.82) is 0 Å². The fourth-order valence-corrected chi connectivity index (χ4v) is 5.72. The number of carbonyl (C=O) groups is 3. The molecule has 0 saturated carbocycles. The molecule has 2 amide bonds. The molecular formula is C38H55N5O4. The number of benzene rings is 3. The number of nitrogens with one attached hydrogen (secondary N) is 4. The van der Waals surface area contributed by atoms with Gasteiger partial charge in [-0.15, -0.1) is 0 Å². The summed E-state index contributed by atoms with van der Waals surface area (Å²) in [6, 6.07) is 22.4. The highest BCUT2D eigenvalue weighted by Gasteiger charge is 2.35. The quantitative estimate of drug-likeness (QED) is 0.113. The van der Waals surface area contributed by atoms with Gasteiger partial charge in [0.25, 0.3) is 0 Å². The molecule has 0 aliphatic carbocycles. The predicted octanol–water partition coefficient (Wildman–Crippen LogP) is 4.43. The summed E-state index contributed by atoms with van der Waals surface area (Å²) in [5.41, 5.74) is 7.45. The minimum atomic E-state index is -1.23. The number of hydrogen-bond acceptors (Lipinski definition) is 6. The molecule has 5 atom stereocenters. The summed E-state index contributed by atoms with van der Waals surface area (Å²) in [6.07, 6.45) is 2.41. The Morgan fingerprint density at radius 1 is 0.830 bits per heavy atom. The first-order chi connectivity index (χ1) is 22.3. The van der Waals surface area contributed by atoms with Crippen LogP contribution in [0.4, 0.5) is 0 Å². The van der Waals surface area contributed by atoms with Crippen LogP contribution in [0.3, 0.4) is 0 Å². The van der Waals surface area contributed by atoms with E-state index in [4.69, 9.17) is 5.73 Å². The van der Waals surface area contributed by atoms with Crippen LogP contribution < -0.4 is 27.0 Å². The SMILES string of the molecule is CCC(C)C(NCC(N)Cc1ccc2ccccc2c1)C(=O)NC(C)(C)C(=O)NC(CNC(CC(C)C)C(=O)O)Cc1ccccc1. The lowest BCUT2D eigenvalue weighted by molar-refractivity contribution is -0.140. The molecule has 3 rings (SSSR count). The molecule has 3 aromatic rings. The molecule has 0 heterocycles. The Hall–Kier alpha value is -3.79. The zero-order chi connectivity index (χ0) is 34.6. The molecule has 9 heteroatoms. The Kier molecular flexibility index (Phi) is 14.4. The lowest BCUT2D eigenvalue weighted by Crippen LogP contribution is -2.62. The summed E-state index contributed by atoms with van der Waals surface area (Å²) in [7, 11) is 0. The number of nitrogens with two attached hydrogens (primary N) is 1. The van der Waals surface area contributed by atoms with E-state index in [0.29, 0.717) is 25.8 Å². The van der Waals surface area contributed by atoms with Crippen LogP contribution in [0.25, 0.3) is 10.8 Å². The molecule has 5 unspecified atom stereocenters. The second kappa shape index (κ2) is 17.9. The molecule has 3 aromatic carbocycles. The number of carboxylic acid groups (broad SMARTS) is 1. The summed E-state index contributed by atoms with van der Waals surface area (Å²) < 4.78 is 0. The molecule has 0 aliphatic heterocycles. The average Bonchev–Trinajstić information content (AvgIpc) is 3.02. The van der Waals surface area contributed by atoms with E-state index in [-0.39, 0.29) is 36.2 Å². The third-order valence-electron chi connectivity index (χ3n) is 8.69. The fraction of sp³-hybridized carbons (Fsp3) is 0.500. The average molecular weight is 646 g/mol. The monoisotopic (exact) mass is 645 g/mol. The molecule has 47 heavy (non-hydrogen) atoms. The van der Waals surface area contributed by atoms with Crippen molar-refractivity contribution >= 4 is 28.6 Å². The third-order valence-corrected chi connectivity index (χ3v) is 8.69.